The van der Waals surface area contributed by atoms with E-state index in [2.05, 4.69) is 20.2 Å². The Morgan fingerprint density at radius 3 is 2.76 bits per heavy atom. The molecule has 1 saturated heterocycles. The van der Waals surface area contributed by atoms with Crippen LogP contribution in [0.2, 0.25) is 5.28 Å². The summed E-state index contributed by atoms with van der Waals surface area (Å²) in [7, 11) is 0. The highest BCUT2D eigenvalue weighted by molar-refractivity contribution is 6.28. The fraction of sp³-hybridized carbons (Fsp3) is 0.636. The normalized spacial score (nSPS) is 16.4. The SMILES string of the molecule is Cc1nc(Cl)nc(NCCN2CCCC2)c1N. The number of nitrogens with zero attached hydrogens (tertiary/aromatic N) is 3. The molecule has 2 rings (SSSR count). The number of anilines is 2. The topological polar surface area (TPSA) is 67.1 Å². The number of hydrogen-bond acceptors (Lipinski definition) is 5. The summed E-state index contributed by atoms with van der Waals surface area (Å²) in [6.45, 7) is 6.06. The molecule has 5 nitrogen and oxygen atoms in total. The zero-order valence-electron chi connectivity index (χ0n) is 10.0. The summed E-state index contributed by atoms with van der Waals surface area (Å²) in [5.74, 6) is 0.640. The van der Waals surface area contributed by atoms with Crippen molar-refractivity contribution in [1.82, 2.24) is 14.9 Å². The Morgan fingerprint density at radius 1 is 1.35 bits per heavy atom. The summed E-state index contributed by atoms with van der Waals surface area (Å²) >= 11 is 5.80. The number of aromatic nitrogens is 2. The number of nitrogens with two attached hydrogens (primary N) is 1. The van der Waals surface area contributed by atoms with Gasteiger partial charge in [-0.1, -0.05) is 0 Å². The van der Waals surface area contributed by atoms with Crippen LogP contribution in [0.15, 0.2) is 0 Å². The Balaban J connectivity index is 1.89. The van der Waals surface area contributed by atoms with Crippen molar-refractivity contribution in [2.24, 2.45) is 0 Å². The highest BCUT2D eigenvalue weighted by Gasteiger charge is 2.11. The van der Waals surface area contributed by atoms with Crippen LogP contribution in [-0.4, -0.2) is 41.0 Å². The van der Waals surface area contributed by atoms with Crippen molar-refractivity contribution in [3.05, 3.63) is 11.0 Å². The molecule has 1 aromatic rings. The van der Waals surface area contributed by atoms with Gasteiger partial charge >= 0.3 is 0 Å². The molecular weight excluding hydrogens is 238 g/mol. The average molecular weight is 256 g/mol. The number of nitrogen functional groups attached to an aromatic ring is 1. The third-order valence-electron chi connectivity index (χ3n) is 3.03. The van der Waals surface area contributed by atoms with Crippen LogP contribution in [0.25, 0.3) is 0 Å². The molecule has 2 heterocycles. The van der Waals surface area contributed by atoms with Gasteiger partial charge in [0.05, 0.1) is 11.4 Å². The number of halogens is 1. The molecule has 0 bridgehead atoms. The molecular formula is C11H18ClN5. The summed E-state index contributed by atoms with van der Waals surface area (Å²) in [5, 5.41) is 3.46. The van der Waals surface area contributed by atoms with Gasteiger partial charge in [-0.05, 0) is 44.5 Å². The highest BCUT2D eigenvalue weighted by Crippen LogP contribution is 2.20. The molecule has 0 aromatic carbocycles. The molecule has 0 saturated carbocycles. The molecule has 6 heteroatoms. The van der Waals surface area contributed by atoms with Crippen LogP contribution in [0, 0.1) is 6.92 Å². The van der Waals surface area contributed by atoms with Crippen LogP contribution in [0.1, 0.15) is 18.5 Å². The van der Waals surface area contributed by atoms with Crippen molar-refractivity contribution >= 4 is 23.1 Å². The molecule has 0 aliphatic carbocycles. The van der Waals surface area contributed by atoms with E-state index in [9.17, 15) is 0 Å². The molecule has 94 valence electrons. The van der Waals surface area contributed by atoms with Crippen LogP contribution >= 0.6 is 11.6 Å². The van der Waals surface area contributed by atoms with Crippen molar-refractivity contribution < 1.29 is 0 Å². The molecule has 3 N–H and O–H groups in total. The maximum absolute atomic E-state index is 5.89. The second-order valence-corrected chi connectivity index (χ2v) is 4.65. The first-order valence-electron chi connectivity index (χ1n) is 5.92. The summed E-state index contributed by atoms with van der Waals surface area (Å²) in [4.78, 5) is 10.5. The van der Waals surface area contributed by atoms with Crippen molar-refractivity contribution in [3.8, 4) is 0 Å². The van der Waals surface area contributed by atoms with Gasteiger partial charge in [0.25, 0.3) is 0 Å². The van der Waals surface area contributed by atoms with Gasteiger partial charge in [-0.25, -0.2) is 4.98 Å². The van der Waals surface area contributed by atoms with E-state index in [-0.39, 0.29) is 5.28 Å². The van der Waals surface area contributed by atoms with E-state index >= 15 is 0 Å². The second kappa shape index (κ2) is 5.51. The fourth-order valence-corrected chi connectivity index (χ4v) is 2.23. The molecule has 0 amide bonds. The standard InChI is InChI=1S/C11H18ClN5/c1-8-9(13)10(16-11(12)15-8)14-4-7-17-5-2-3-6-17/h2-7,13H2,1H3,(H,14,15,16). The van der Waals surface area contributed by atoms with E-state index < -0.39 is 0 Å². The summed E-state index contributed by atoms with van der Waals surface area (Å²) in [5.41, 5.74) is 7.18. The minimum absolute atomic E-state index is 0.236. The quantitative estimate of drug-likeness (QED) is 0.799. The molecule has 1 aliphatic heterocycles. The van der Waals surface area contributed by atoms with E-state index in [1.54, 1.807) is 0 Å². The zero-order valence-corrected chi connectivity index (χ0v) is 10.8. The van der Waals surface area contributed by atoms with Crippen molar-refractivity contribution in [3.63, 3.8) is 0 Å². The zero-order chi connectivity index (χ0) is 12.3. The Labute approximate surface area is 106 Å². The minimum atomic E-state index is 0.236. The van der Waals surface area contributed by atoms with Gasteiger partial charge in [-0.3, -0.25) is 0 Å². The lowest BCUT2D eigenvalue weighted by molar-refractivity contribution is 0.352. The molecule has 0 unspecified atom stereocenters. The van der Waals surface area contributed by atoms with Crippen LogP contribution in [0.5, 0.6) is 0 Å². The number of rotatable bonds is 4. The predicted octanol–water partition coefficient (Wildman–Crippen LogP) is 1.53. The van der Waals surface area contributed by atoms with E-state index in [4.69, 9.17) is 17.3 Å². The largest absolute Gasteiger partial charge is 0.394 e. The first-order chi connectivity index (χ1) is 8.16. The molecule has 0 spiro atoms. The predicted molar refractivity (Wildman–Crippen MR) is 70.4 cm³/mol. The molecule has 0 atom stereocenters. The first-order valence-corrected chi connectivity index (χ1v) is 6.30. The third kappa shape index (κ3) is 3.20. The van der Waals surface area contributed by atoms with Gasteiger partial charge in [0, 0.05) is 13.1 Å². The third-order valence-corrected chi connectivity index (χ3v) is 3.20. The summed E-state index contributed by atoms with van der Waals surface area (Å²) in [6, 6.07) is 0. The maximum Gasteiger partial charge on any atom is 0.224 e. The molecule has 0 radical (unpaired) electrons. The van der Waals surface area contributed by atoms with Gasteiger partial charge in [0.15, 0.2) is 5.82 Å². The number of aryl methyl sites for hydroxylation is 1. The number of hydrogen-bond donors (Lipinski definition) is 2. The van der Waals surface area contributed by atoms with E-state index in [1.807, 2.05) is 6.92 Å². The lowest BCUT2D eigenvalue weighted by atomic mass is 10.3. The Morgan fingerprint density at radius 2 is 2.06 bits per heavy atom. The summed E-state index contributed by atoms with van der Waals surface area (Å²) < 4.78 is 0. The molecule has 1 aromatic heterocycles. The van der Waals surface area contributed by atoms with E-state index in [1.165, 1.54) is 25.9 Å². The second-order valence-electron chi connectivity index (χ2n) is 4.32. The molecule has 17 heavy (non-hydrogen) atoms. The Hall–Kier alpha value is -1.07. The fourth-order valence-electron chi connectivity index (χ4n) is 2.02. The lowest BCUT2D eigenvalue weighted by Gasteiger charge is -2.16. The summed E-state index contributed by atoms with van der Waals surface area (Å²) in [6.07, 6.45) is 2.61. The van der Waals surface area contributed by atoms with Crippen LogP contribution < -0.4 is 11.1 Å². The number of nitrogens with one attached hydrogen (secondary N) is 1. The Kier molecular flexibility index (Phi) is 4.02. The lowest BCUT2D eigenvalue weighted by Crippen LogP contribution is -2.26. The smallest absolute Gasteiger partial charge is 0.224 e. The van der Waals surface area contributed by atoms with Gasteiger partial charge in [0.1, 0.15) is 0 Å². The van der Waals surface area contributed by atoms with Gasteiger partial charge in [-0.2, -0.15) is 4.98 Å². The van der Waals surface area contributed by atoms with Crippen LogP contribution in [-0.2, 0) is 0 Å². The van der Waals surface area contributed by atoms with E-state index in [0.717, 1.165) is 13.1 Å². The number of likely N-dealkylation sites (tertiary alicyclic amines) is 1. The van der Waals surface area contributed by atoms with Crippen LogP contribution in [0.3, 0.4) is 0 Å². The molecule has 1 aliphatic rings. The minimum Gasteiger partial charge on any atom is -0.394 e. The average Bonchev–Trinajstić information content (AvgIpc) is 2.78. The molecule has 1 fully saturated rings. The van der Waals surface area contributed by atoms with Gasteiger partial charge in [-0.15, -0.1) is 0 Å². The van der Waals surface area contributed by atoms with Gasteiger partial charge in [0.2, 0.25) is 5.28 Å². The Bertz CT molecular complexity index is 390. The monoisotopic (exact) mass is 255 g/mol. The van der Waals surface area contributed by atoms with Crippen molar-refractivity contribution in [1.29, 1.82) is 0 Å². The van der Waals surface area contributed by atoms with Crippen molar-refractivity contribution in [2.45, 2.75) is 19.8 Å². The maximum atomic E-state index is 5.89. The first kappa shape index (κ1) is 12.4. The van der Waals surface area contributed by atoms with Gasteiger partial charge < -0.3 is 16.0 Å². The highest BCUT2D eigenvalue weighted by atomic mass is 35.5. The van der Waals surface area contributed by atoms with Crippen LogP contribution in [0.4, 0.5) is 11.5 Å². The van der Waals surface area contributed by atoms with Crippen molar-refractivity contribution in [2.75, 3.05) is 37.2 Å². The van der Waals surface area contributed by atoms with E-state index in [0.29, 0.717) is 17.2 Å².